The summed E-state index contributed by atoms with van der Waals surface area (Å²) in [6.45, 7) is 10.8. The van der Waals surface area contributed by atoms with Crippen molar-refractivity contribution in [2.24, 2.45) is 0 Å². The van der Waals surface area contributed by atoms with E-state index in [2.05, 4.69) is 0 Å². The molecule has 1 unspecified atom stereocenters. The van der Waals surface area contributed by atoms with Gasteiger partial charge in [-0.1, -0.05) is 36.4 Å². The van der Waals surface area contributed by atoms with E-state index in [9.17, 15) is 9.59 Å². The highest BCUT2D eigenvalue weighted by Gasteiger charge is 2.35. The van der Waals surface area contributed by atoms with Crippen LogP contribution in [-0.2, 0) is 29.3 Å². The van der Waals surface area contributed by atoms with Gasteiger partial charge in [0, 0.05) is 0 Å². The largest absolute Gasteiger partial charge is 0.373 e. The Kier molecular flexibility index (Phi) is 9.76. The van der Waals surface area contributed by atoms with Gasteiger partial charge in [0.15, 0.2) is 0 Å². The second kappa shape index (κ2) is 12.1. The zero-order chi connectivity index (χ0) is 25.2. The maximum Gasteiger partial charge on any atom is 0.373 e. The Hall–Kier alpha value is -2.78. The zero-order valence-electron chi connectivity index (χ0n) is 20.7. The molecule has 2 rings (SSSR count). The Bertz CT molecular complexity index is 905. The van der Waals surface area contributed by atoms with Crippen molar-refractivity contribution < 1.29 is 38.9 Å². The zero-order valence-corrected chi connectivity index (χ0v) is 20.7. The second-order valence-corrected chi connectivity index (χ2v) is 9.81. The number of rotatable bonds is 12. The van der Waals surface area contributed by atoms with Crippen LogP contribution in [-0.4, -0.2) is 35.3 Å². The van der Waals surface area contributed by atoms with Crippen molar-refractivity contribution >= 4 is 11.9 Å². The maximum absolute atomic E-state index is 12.3. The fourth-order valence-electron chi connectivity index (χ4n) is 2.61. The van der Waals surface area contributed by atoms with Gasteiger partial charge in [0.1, 0.15) is 17.8 Å². The highest BCUT2D eigenvalue weighted by atomic mass is 17.2. The second-order valence-electron chi connectivity index (χ2n) is 9.81. The van der Waals surface area contributed by atoms with Gasteiger partial charge in [0.25, 0.3) is 0 Å². The molecule has 1 atom stereocenters. The quantitative estimate of drug-likeness (QED) is 0.289. The van der Waals surface area contributed by atoms with Crippen LogP contribution >= 0.6 is 0 Å². The van der Waals surface area contributed by atoms with Crippen molar-refractivity contribution in [3.8, 4) is 0 Å². The molecule has 0 N–H and O–H groups in total. The molecular weight excluding hydrogens is 440 g/mol. The van der Waals surface area contributed by atoms with Gasteiger partial charge in [-0.25, -0.2) is 19.4 Å². The number of carbonyl (C=O) groups excluding carboxylic acids is 2. The molecule has 0 saturated heterocycles. The van der Waals surface area contributed by atoms with Gasteiger partial charge >= 0.3 is 11.9 Å². The van der Waals surface area contributed by atoms with Gasteiger partial charge in [0.05, 0.1) is 16.7 Å². The Morgan fingerprint density at radius 1 is 0.647 bits per heavy atom. The normalized spacial score (nSPS) is 13.7. The van der Waals surface area contributed by atoms with E-state index in [1.807, 2.05) is 20.8 Å². The Balaban J connectivity index is 1.96. The Morgan fingerprint density at radius 2 is 1.12 bits per heavy atom. The monoisotopic (exact) mass is 474 g/mol. The topological polar surface area (TPSA) is 89.5 Å². The maximum atomic E-state index is 12.3. The van der Waals surface area contributed by atoms with Crippen LogP contribution in [0.3, 0.4) is 0 Å². The third kappa shape index (κ3) is 10.0. The lowest BCUT2D eigenvalue weighted by Gasteiger charge is -2.31. The Morgan fingerprint density at radius 3 is 1.59 bits per heavy atom. The first kappa shape index (κ1) is 27.5. The van der Waals surface area contributed by atoms with Crippen LogP contribution in [0.15, 0.2) is 60.7 Å². The Labute approximate surface area is 200 Å². The molecule has 0 spiro atoms. The summed E-state index contributed by atoms with van der Waals surface area (Å²) in [7, 11) is 0. The van der Waals surface area contributed by atoms with E-state index in [-0.39, 0.29) is 6.61 Å². The standard InChI is InChI=1S/C26H34O8/c1-24(2,3)32-29-19-26(6,34-31-23(28)21-15-11-8-12-16-21)18-17-25(4,5)33-30-22(27)20-13-9-7-10-14-20/h7-16H,17-19H2,1-6H3. The lowest BCUT2D eigenvalue weighted by molar-refractivity contribution is -0.398. The fourth-order valence-corrected chi connectivity index (χ4v) is 2.61. The lowest BCUT2D eigenvalue weighted by Crippen LogP contribution is -2.39. The van der Waals surface area contributed by atoms with E-state index >= 15 is 0 Å². The minimum atomic E-state index is -1.07. The molecular formula is C26H34O8. The molecule has 0 fully saturated rings. The van der Waals surface area contributed by atoms with E-state index in [1.165, 1.54) is 0 Å². The van der Waals surface area contributed by atoms with Crippen molar-refractivity contribution in [1.82, 2.24) is 0 Å². The van der Waals surface area contributed by atoms with Crippen LogP contribution in [0.25, 0.3) is 0 Å². The van der Waals surface area contributed by atoms with Crippen LogP contribution in [0.4, 0.5) is 0 Å². The molecule has 0 saturated carbocycles. The minimum absolute atomic E-state index is 0.0216. The minimum Gasteiger partial charge on any atom is -0.292 e. The molecule has 8 heteroatoms. The molecule has 0 aliphatic rings. The summed E-state index contributed by atoms with van der Waals surface area (Å²) in [6.07, 6.45) is 0.714. The summed E-state index contributed by atoms with van der Waals surface area (Å²) in [6, 6.07) is 17.1. The average molecular weight is 475 g/mol. The summed E-state index contributed by atoms with van der Waals surface area (Å²) in [5.41, 5.74) is -1.72. The summed E-state index contributed by atoms with van der Waals surface area (Å²) in [5.74, 6) is -1.22. The molecule has 8 nitrogen and oxygen atoms in total. The number of carbonyl (C=O) groups is 2. The molecule has 0 aromatic heterocycles. The molecule has 186 valence electrons. The van der Waals surface area contributed by atoms with Crippen LogP contribution < -0.4 is 0 Å². The molecule has 0 amide bonds. The van der Waals surface area contributed by atoms with E-state index < -0.39 is 28.7 Å². The van der Waals surface area contributed by atoms with Crippen LogP contribution in [0.5, 0.6) is 0 Å². The van der Waals surface area contributed by atoms with Crippen molar-refractivity contribution in [2.75, 3.05) is 6.61 Å². The van der Waals surface area contributed by atoms with Crippen molar-refractivity contribution in [2.45, 2.75) is 71.2 Å². The fraction of sp³-hybridized carbons (Fsp3) is 0.462. The van der Waals surface area contributed by atoms with E-state index in [1.54, 1.807) is 81.4 Å². The lowest BCUT2D eigenvalue weighted by atomic mass is 9.93. The van der Waals surface area contributed by atoms with Crippen molar-refractivity contribution in [1.29, 1.82) is 0 Å². The molecule has 2 aromatic carbocycles. The van der Waals surface area contributed by atoms with Crippen LogP contribution in [0.1, 0.15) is 75.1 Å². The molecule has 0 bridgehead atoms. The van der Waals surface area contributed by atoms with Crippen molar-refractivity contribution in [3.05, 3.63) is 71.8 Å². The first-order chi connectivity index (χ1) is 15.9. The molecule has 0 aliphatic carbocycles. The van der Waals surface area contributed by atoms with Crippen molar-refractivity contribution in [3.63, 3.8) is 0 Å². The van der Waals surface area contributed by atoms with Gasteiger partial charge in [-0.05, 0) is 78.6 Å². The molecule has 0 radical (unpaired) electrons. The molecule has 0 aliphatic heterocycles. The van der Waals surface area contributed by atoms with Gasteiger partial charge in [-0.3, -0.25) is 9.78 Å². The van der Waals surface area contributed by atoms with Gasteiger partial charge < -0.3 is 0 Å². The highest BCUT2D eigenvalue weighted by Crippen LogP contribution is 2.27. The molecule has 34 heavy (non-hydrogen) atoms. The molecule has 2 aromatic rings. The third-order valence-electron chi connectivity index (χ3n) is 4.61. The average Bonchev–Trinajstić information content (AvgIpc) is 2.80. The van der Waals surface area contributed by atoms with Gasteiger partial charge in [-0.15, -0.1) is 0 Å². The van der Waals surface area contributed by atoms with E-state index in [4.69, 9.17) is 29.3 Å². The highest BCUT2D eigenvalue weighted by molar-refractivity contribution is 5.89. The number of benzene rings is 2. The van der Waals surface area contributed by atoms with Gasteiger partial charge in [-0.2, -0.15) is 9.78 Å². The van der Waals surface area contributed by atoms with Gasteiger partial charge in [0.2, 0.25) is 0 Å². The van der Waals surface area contributed by atoms with E-state index in [0.29, 0.717) is 24.0 Å². The third-order valence-corrected chi connectivity index (χ3v) is 4.61. The smallest absolute Gasteiger partial charge is 0.292 e. The first-order valence-electron chi connectivity index (χ1n) is 11.1. The summed E-state index contributed by atoms with van der Waals surface area (Å²) in [5, 5.41) is 0. The molecule has 0 heterocycles. The predicted molar refractivity (Wildman–Crippen MR) is 124 cm³/mol. The number of hydrogen-bond donors (Lipinski definition) is 0. The van der Waals surface area contributed by atoms with Crippen LogP contribution in [0.2, 0.25) is 0 Å². The van der Waals surface area contributed by atoms with Crippen LogP contribution in [0, 0.1) is 0 Å². The van der Waals surface area contributed by atoms with E-state index in [0.717, 1.165) is 0 Å². The predicted octanol–water partition coefficient (Wildman–Crippen LogP) is 5.63. The summed E-state index contributed by atoms with van der Waals surface area (Å²) >= 11 is 0. The number of hydrogen-bond acceptors (Lipinski definition) is 8. The summed E-state index contributed by atoms with van der Waals surface area (Å²) in [4.78, 5) is 56.3. The first-order valence-corrected chi connectivity index (χ1v) is 11.1. The summed E-state index contributed by atoms with van der Waals surface area (Å²) < 4.78 is 0. The SMILES string of the molecule is CC(C)(C)OOCC(C)(CCC(C)(C)OOC(=O)c1ccccc1)OOC(=O)c1ccccc1.